The number of carbonyl (C=O) groups excluding carboxylic acids is 1. The van der Waals surface area contributed by atoms with Crippen LogP contribution >= 0.6 is 23.2 Å². The maximum Gasteiger partial charge on any atom is 0.292 e. The molecule has 0 unspecified atom stereocenters. The van der Waals surface area contributed by atoms with Crippen LogP contribution in [0.3, 0.4) is 0 Å². The molecule has 8 heteroatoms. The molecule has 0 aliphatic rings. The van der Waals surface area contributed by atoms with Crippen LogP contribution in [0.2, 0.25) is 10.0 Å². The Morgan fingerprint density at radius 1 is 1.07 bits per heavy atom. The molecule has 1 amide bonds. The van der Waals surface area contributed by atoms with Gasteiger partial charge in [-0.2, -0.15) is 0 Å². The van der Waals surface area contributed by atoms with Crippen molar-refractivity contribution in [2.45, 2.75) is 0 Å². The van der Waals surface area contributed by atoms with Crippen LogP contribution in [0, 0.1) is 10.1 Å². The quantitative estimate of drug-likeness (QED) is 0.331. The molecule has 6 nitrogen and oxygen atoms in total. The molecule has 0 saturated heterocycles. The number of carbonyl (C=O) groups is 1. The zero-order valence-corrected chi connectivity index (χ0v) is 15.2. The first-order chi connectivity index (χ1) is 12.9. The van der Waals surface area contributed by atoms with Gasteiger partial charge in [0.25, 0.3) is 5.69 Å². The first kappa shape index (κ1) is 18.7. The summed E-state index contributed by atoms with van der Waals surface area (Å²) in [6.45, 7) is 0. The molecule has 1 N–H and O–H groups in total. The second-order valence-corrected chi connectivity index (χ2v) is 6.33. The summed E-state index contributed by atoms with van der Waals surface area (Å²) in [5, 5.41) is 14.4. The summed E-state index contributed by atoms with van der Waals surface area (Å²) >= 11 is 12.0. The van der Waals surface area contributed by atoms with Gasteiger partial charge in [0.1, 0.15) is 17.2 Å². The molecule has 0 atom stereocenters. The maximum atomic E-state index is 12.0. The van der Waals surface area contributed by atoms with Gasteiger partial charge >= 0.3 is 0 Å². The summed E-state index contributed by atoms with van der Waals surface area (Å²) in [5.41, 5.74) is 0.639. The molecule has 0 aliphatic carbocycles. The molecular weight excluding hydrogens is 391 g/mol. The summed E-state index contributed by atoms with van der Waals surface area (Å²) in [6, 6.07) is 14.3. The van der Waals surface area contributed by atoms with Crippen LogP contribution in [0.25, 0.3) is 17.4 Å². The third-order valence-corrected chi connectivity index (χ3v) is 3.97. The van der Waals surface area contributed by atoms with Crippen molar-refractivity contribution in [1.82, 2.24) is 0 Å². The predicted octanol–water partition coefficient (Wildman–Crippen LogP) is 5.81. The van der Waals surface area contributed by atoms with E-state index in [1.165, 1.54) is 30.4 Å². The number of hydrogen-bond acceptors (Lipinski definition) is 4. The normalized spacial score (nSPS) is 10.9. The molecule has 136 valence electrons. The highest BCUT2D eigenvalue weighted by atomic mass is 35.5. The molecule has 0 spiro atoms. The highest BCUT2D eigenvalue weighted by molar-refractivity contribution is 6.35. The zero-order chi connectivity index (χ0) is 19.4. The third kappa shape index (κ3) is 4.75. The Bertz CT molecular complexity index is 1020. The van der Waals surface area contributed by atoms with E-state index in [-0.39, 0.29) is 11.4 Å². The lowest BCUT2D eigenvalue weighted by Crippen LogP contribution is -2.09. The van der Waals surface area contributed by atoms with Crippen LogP contribution in [-0.4, -0.2) is 10.8 Å². The van der Waals surface area contributed by atoms with Crippen molar-refractivity contribution in [3.8, 4) is 11.3 Å². The molecule has 1 aromatic heterocycles. The molecule has 27 heavy (non-hydrogen) atoms. The molecule has 1 heterocycles. The molecule has 0 radical (unpaired) electrons. The average Bonchev–Trinajstić information content (AvgIpc) is 3.08. The third-order valence-electron chi connectivity index (χ3n) is 3.53. The number of hydrogen-bond donors (Lipinski definition) is 1. The molecule has 0 aliphatic heterocycles. The van der Waals surface area contributed by atoms with Crippen LogP contribution < -0.4 is 5.32 Å². The van der Waals surface area contributed by atoms with E-state index in [9.17, 15) is 14.9 Å². The van der Waals surface area contributed by atoms with Crippen LogP contribution in [0.15, 0.2) is 65.1 Å². The van der Waals surface area contributed by atoms with Crippen molar-refractivity contribution >= 4 is 46.6 Å². The monoisotopic (exact) mass is 402 g/mol. The van der Waals surface area contributed by atoms with E-state index < -0.39 is 10.8 Å². The second kappa shape index (κ2) is 8.07. The SMILES string of the molecule is O=C(/C=C/c1ccc(-c2cc(Cl)cc(Cl)c2)o1)Nc1ccccc1[N+](=O)[O-]. The van der Waals surface area contributed by atoms with Gasteiger partial charge in [0.15, 0.2) is 0 Å². The molecule has 3 rings (SSSR count). The topological polar surface area (TPSA) is 85.4 Å². The molecule has 0 saturated carbocycles. The number of para-hydroxylation sites is 2. The Morgan fingerprint density at radius 2 is 1.78 bits per heavy atom. The summed E-state index contributed by atoms with van der Waals surface area (Å²) in [4.78, 5) is 22.4. The lowest BCUT2D eigenvalue weighted by atomic mass is 10.2. The highest BCUT2D eigenvalue weighted by Gasteiger charge is 2.13. The number of nitro benzene ring substituents is 1. The highest BCUT2D eigenvalue weighted by Crippen LogP contribution is 2.29. The first-order valence-corrected chi connectivity index (χ1v) is 8.47. The number of amides is 1. The first-order valence-electron chi connectivity index (χ1n) is 7.71. The van der Waals surface area contributed by atoms with E-state index in [1.54, 1.807) is 36.4 Å². The summed E-state index contributed by atoms with van der Waals surface area (Å²) in [6.07, 6.45) is 2.68. The van der Waals surface area contributed by atoms with Gasteiger partial charge < -0.3 is 9.73 Å². The van der Waals surface area contributed by atoms with Gasteiger partial charge in [-0.25, -0.2) is 0 Å². The van der Waals surface area contributed by atoms with Gasteiger partial charge in [0.05, 0.1) is 4.92 Å². The fourth-order valence-electron chi connectivity index (χ4n) is 2.36. The van der Waals surface area contributed by atoms with Gasteiger partial charge in [-0.15, -0.1) is 0 Å². The Balaban J connectivity index is 1.73. The van der Waals surface area contributed by atoms with Crippen molar-refractivity contribution < 1.29 is 14.1 Å². The van der Waals surface area contributed by atoms with E-state index in [4.69, 9.17) is 27.6 Å². The smallest absolute Gasteiger partial charge is 0.292 e. The van der Waals surface area contributed by atoms with E-state index >= 15 is 0 Å². The fourth-order valence-corrected chi connectivity index (χ4v) is 2.89. The maximum absolute atomic E-state index is 12.0. The number of anilines is 1. The second-order valence-electron chi connectivity index (χ2n) is 5.46. The molecular formula is C19H12Cl2N2O4. The Morgan fingerprint density at radius 3 is 2.48 bits per heavy atom. The minimum atomic E-state index is -0.561. The Labute approximate surface area is 164 Å². The number of nitro groups is 1. The van der Waals surface area contributed by atoms with E-state index in [0.29, 0.717) is 27.1 Å². The Kier molecular flexibility index (Phi) is 5.59. The van der Waals surface area contributed by atoms with Crippen molar-refractivity contribution in [2.75, 3.05) is 5.32 Å². The number of benzene rings is 2. The minimum absolute atomic E-state index is 0.117. The van der Waals surface area contributed by atoms with Crippen molar-refractivity contribution in [2.24, 2.45) is 0 Å². The standard InChI is InChI=1S/C19H12Cl2N2O4/c20-13-9-12(10-14(21)11-13)18-7-5-15(27-18)6-8-19(24)22-16-3-1-2-4-17(16)23(25)26/h1-11H,(H,22,24)/b8-6+. The lowest BCUT2D eigenvalue weighted by Gasteiger charge is -2.02. The van der Waals surface area contributed by atoms with Crippen molar-refractivity contribution in [3.63, 3.8) is 0 Å². The zero-order valence-electron chi connectivity index (χ0n) is 13.7. The van der Waals surface area contributed by atoms with Gasteiger partial charge in [0, 0.05) is 27.8 Å². The molecule has 3 aromatic rings. The van der Waals surface area contributed by atoms with Gasteiger partial charge in [-0.05, 0) is 42.5 Å². The van der Waals surface area contributed by atoms with Gasteiger partial charge in [-0.3, -0.25) is 14.9 Å². The predicted molar refractivity (Wildman–Crippen MR) is 105 cm³/mol. The minimum Gasteiger partial charge on any atom is -0.457 e. The van der Waals surface area contributed by atoms with Crippen molar-refractivity contribution in [3.05, 3.63) is 86.6 Å². The Hall–Kier alpha value is -3.09. The number of furan rings is 1. The largest absolute Gasteiger partial charge is 0.457 e. The number of halogens is 2. The number of nitrogens with one attached hydrogen (secondary N) is 1. The molecule has 0 fully saturated rings. The summed E-state index contributed by atoms with van der Waals surface area (Å²) in [7, 11) is 0. The van der Waals surface area contributed by atoms with Crippen LogP contribution in [0.4, 0.5) is 11.4 Å². The van der Waals surface area contributed by atoms with Crippen molar-refractivity contribution in [1.29, 1.82) is 0 Å². The average molecular weight is 403 g/mol. The summed E-state index contributed by atoms with van der Waals surface area (Å²) < 4.78 is 5.65. The van der Waals surface area contributed by atoms with E-state index in [1.807, 2.05) is 0 Å². The van der Waals surface area contributed by atoms with Crippen LogP contribution in [0.1, 0.15) is 5.76 Å². The van der Waals surface area contributed by atoms with E-state index in [2.05, 4.69) is 5.32 Å². The van der Waals surface area contributed by atoms with E-state index in [0.717, 1.165) is 0 Å². The summed E-state index contributed by atoms with van der Waals surface area (Å²) in [5.74, 6) is 0.449. The number of nitrogens with zero attached hydrogens (tertiary/aromatic N) is 1. The van der Waals surface area contributed by atoms with Gasteiger partial charge in [0.2, 0.25) is 5.91 Å². The fraction of sp³-hybridized carbons (Fsp3) is 0. The number of rotatable bonds is 5. The molecule has 0 bridgehead atoms. The van der Waals surface area contributed by atoms with Gasteiger partial charge in [-0.1, -0.05) is 35.3 Å². The lowest BCUT2D eigenvalue weighted by molar-refractivity contribution is -0.383. The van der Waals surface area contributed by atoms with Crippen LogP contribution in [-0.2, 0) is 4.79 Å². The molecule has 2 aromatic carbocycles. The van der Waals surface area contributed by atoms with Crippen LogP contribution in [0.5, 0.6) is 0 Å².